The van der Waals surface area contributed by atoms with E-state index in [4.69, 9.17) is 9.47 Å². The zero-order valence-corrected chi connectivity index (χ0v) is 14.4. The van der Waals surface area contributed by atoms with E-state index in [1.807, 2.05) is 12.1 Å². The second-order valence-corrected chi connectivity index (χ2v) is 6.53. The highest BCUT2D eigenvalue weighted by Crippen LogP contribution is 2.31. The van der Waals surface area contributed by atoms with Crippen molar-refractivity contribution in [2.45, 2.75) is 38.9 Å². The van der Waals surface area contributed by atoms with Gasteiger partial charge in [0.25, 0.3) is 0 Å². The van der Waals surface area contributed by atoms with Crippen molar-refractivity contribution in [3.8, 4) is 0 Å². The van der Waals surface area contributed by atoms with Gasteiger partial charge in [-0.2, -0.15) is 0 Å². The zero-order chi connectivity index (χ0) is 17.8. The lowest BCUT2D eigenvalue weighted by Crippen LogP contribution is -2.51. The molecule has 4 nitrogen and oxygen atoms in total. The average molecular weight is 326 g/mol. The van der Waals surface area contributed by atoms with Gasteiger partial charge in [-0.3, -0.25) is 0 Å². The van der Waals surface area contributed by atoms with Gasteiger partial charge >= 0.3 is 11.9 Å². The number of benzene rings is 2. The van der Waals surface area contributed by atoms with Crippen molar-refractivity contribution in [2.24, 2.45) is 0 Å². The maximum atomic E-state index is 12.3. The van der Waals surface area contributed by atoms with Gasteiger partial charge in [0, 0.05) is 0 Å². The van der Waals surface area contributed by atoms with Crippen LogP contribution in [0.1, 0.15) is 48.4 Å². The molecule has 0 heterocycles. The number of ether oxygens (including phenoxy) is 2. The van der Waals surface area contributed by atoms with Crippen LogP contribution in [0.3, 0.4) is 0 Å². The minimum atomic E-state index is -1.01. The number of carbonyl (C=O) groups is 2. The quantitative estimate of drug-likeness (QED) is 0.771. The second kappa shape index (κ2) is 6.87. The summed E-state index contributed by atoms with van der Waals surface area (Å²) in [4.78, 5) is 24.6. The van der Waals surface area contributed by atoms with E-state index in [1.54, 1.807) is 76.2 Å². The van der Waals surface area contributed by atoms with Gasteiger partial charge < -0.3 is 9.47 Å². The number of hydrogen-bond acceptors (Lipinski definition) is 4. The summed E-state index contributed by atoms with van der Waals surface area (Å²) in [6, 6.07) is 17.5. The van der Waals surface area contributed by atoms with Crippen LogP contribution in [-0.2, 0) is 9.47 Å². The molecule has 2 aromatic carbocycles. The van der Waals surface area contributed by atoms with Crippen molar-refractivity contribution in [1.29, 1.82) is 0 Å². The Morgan fingerprint density at radius 3 is 1.21 bits per heavy atom. The highest BCUT2D eigenvalue weighted by atomic mass is 16.6. The van der Waals surface area contributed by atoms with Crippen molar-refractivity contribution in [2.75, 3.05) is 0 Å². The van der Waals surface area contributed by atoms with E-state index < -0.39 is 23.1 Å². The molecule has 0 radical (unpaired) electrons. The highest BCUT2D eigenvalue weighted by molar-refractivity contribution is 5.90. The van der Waals surface area contributed by atoms with Crippen molar-refractivity contribution >= 4 is 11.9 Å². The van der Waals surface area contributed by atoms with Crippen LogP contribution in [0.2, 0.25) is 0 Å². The fraction of sp³-hybridized carbons (Fsp3) is 0.300. The van der Waals surface area contributed by atoms with Crippen LogP contribution in [0.25, 0.3) is 0 Å². The second-order valence-electron chi connectivity index (χ2n) is 6.53. The first kappa shape index (κ1) is 17.7. The Hall–Kier alpha value is -2.62. The Balaban J connectivity index is 2.11. The zero-order valence-electron chi connectivity index (χ0n) is 14.4. The van der Waals surface area contributed by atoms with Crippen molar-refractivity contribution < 1.29 is 19.1 Å². The fourth-order valence-corrected chi connectivity index (χ4v) is 1.98. The maximum absolute atomic E-state index is 12.3. The van der Waals surface area contributed by atoms with E-state index in [2.05, 4.69) is 0 Å². The van der Waals surface area contributed by atoms with Gasteiger partial charge in [-0.25, -0.2) is 9.59 Å². The molecule has 0 atom stereocenters. The average Bonchev–Trinajstić information content (AvgIpc) is 2.55. The van der Waals surface area contributed by atoms with Crippen LogP contribution >= 0.6 is 0 Å². The van der Waals surface area contributed by atoms with Gasteiger partial charge in [0.1, 0.15) is 11.2 Å². The third-order valence-electron chi connectivity index (χ3n) is 4.16. The van der Waals surface area contributed by atoms with Crippen molar-refractivity contribution in [3.05, 3.63) is 71.8 Å². The molecule has 0 aliphatic carbocycles. The van der Waals surface area contributed by atoms with E-state index in [0.29, 0.717) is 11.1 Å². The molecule has 0 aliphatic rings. The van der Waals surface area contributed by atoms with Crippen LogP contribution in [-0.4, -0.2) is 23.1 Å². The SMILES string of the molecule is CC(C)(OC(=O)c1ccccc1)C(C)(C)OC(=O)c1ccccc1. The van der Waals surface area contributed by atoms with E-state index >= 15 is 0 Å². The summed E-state index contributed by atoms with van der Waals surface area (Å²) in [7, 11) is 0. The summed E-state index contributed by atoms with van der Waals surface area (Å²) in [5, 5.41) is 0. The molecule has 0 amide bonds. The fourth-order valence-electron chi connectivity index (χ4n) is 1.98. The molecule has 0 aromatic heterocycles. The van der Waals surface area contributed by atoms with Crippen molar-refractivity contribution in [1.82, 2.24) is 0 Å². The molecule has 0 aliphatic heterocycles. The summed E-state index contributed by atoms with van der Waals surface area (Å²) in [5.41, 5.74) is -1.11. The first-order chi connectivity index (χ1) is 11.2. The Labute approximate surface area is 142 Å². The summed E-state index contributed by atoms with van der Waals surface area (Å²) in [5.74, 6) is -0.908. The number of esters is 2. The Morgan fingerprint density at radius 1 is 0.625 bits per heavy atom. The molecule has 4 heteroatoms. The standard InChI is InChI=1S/C20H22O4/c1-19(2,23-17(21)15-11-7-5-8-12-15)20(3,4)24-18(22)16-13-9-6-10-14-16/h5-14H,1-4H3. The Morgan fingerprint density at radius 2 is 0.917 bits per heavy atom. The van der Waals surface area contributed by atoms with E-state index in [0.717, 1.165) is 0 Å². The third kappa shape index (κ3) is 4.02. The molecule has 0 N–H and O–H groups in total. The molecular weight excluding hydrogens is 304 g/mol. The predicted molar refractivity (Wildman–Crippen MR) is 91.9 cm³/mol. The lowest BCUT2D eigenvalue weighted by molar-refractivity contribution is -0.124. The molecule has 0 unspecified atom stereocenters. The van der Waals surface area contributed by atoms with Crippen LogP contribution in [0, 0.1) is 0 Å². The van der Waals surface area contributed by atoms with Gasteiger partial charge in [0.2, 0.25) is 0 Å². The normalized spacial score (nSPS) is 11.7. The molecule has 0 bridgehead atoms. The smallest absolute Gasteiger partial charge is 0.338 e. The number of rotatable bonds is 5. The lowest BCUT2D eigenvalue weighted by atomic mass is 9.88. The maximum Gasteiger partial charge on any atom is 0.338 e. The number of carbonyl (C=O) groups excluding carboxylic acids is 2. The molecule has 24 heavy (non-hydrogen) atoms. The van der Waals surface area contributed by atoms with Gasteiger partial charge in [-0.15, -0.1) is 0 Å². The van der Waals surface area contributed by atoms with Gasteiger partial charge in [-0.1, -0.05) is 36.4 Å². The monoisotopic (exact) mass is 326 g/mol. The minimum Gasteiger partial charge on any atom is -0.452 e. The first-order valence-electron chi connectivity index (χ1n) is 7.80. The molecular formula is C20H22O4. The predicted octanol–water partition coefficient (Wildman–Crippen LogP) is 4.26. The van der Waals surface area contributed by atoms with Crippen LogP contribution in [0.4, 0.5) is 0 Å². The van der Waals surface area contributed by atoms with Gasteiger partial charge in [0.05, 0.1) is 11.1 Å². The Kier molecular flexibility index (Phi) is 5.07. The van der Waals surface area contributed by atoms with Crippen LogP contribution < -0.4 is 0 Å². The van der Waals surface area contributed by atoms with Gasteiger partial charge in [-0.05, 0) is 52.0 Å². The van der Waals surface area contributed by atoms with E-state index in [9.17, 15) is 9.59 Å². The molecule has 0 spiro atoms. The first-order valence-corrected chi connectivity index (χ1v) is 7.80. The third-order valence-corrected chi connectivity index (χ3v) is 4.16. The molecule has 0 saturated carbocycles. The lowest BCUT2D eigenvalue weighted by Gasteiger charge is -2.39. The molecule has 2 rings (SSSR count). The van der Waals surface area contributed by atoms with Crippen LogP contribution in [0.5, 0.6) is 0 Å². The highest BCUT2D eigenvalue weighted by Gasteiger charge is 2.44. The summed E-state index contributed by atoms with van der Waals surface area (Å²) in [6.07, 6.45) is 0. The largest absolute Gasteiger partial charge is 0.452 e. The van der Waals surface area contributed by atoms with Gasteiger partial charge in [0.15, 0.2) is 0 Å². The minimum absolute atomic E-state index is 0.454. The molecule has 2 aromatic rings. The molecule has 126 valence electrons. The Bertz CT molecular complexity index is 639. The van der Waals surface area contributed by atoms with E-state index in [-0.39, 0.29) is 0 Å². The summed E-state index contributed by atoms with van der Waals surface area (Å²) < 4.78 is 11.2. The van der Waals surface area contributed by atoms with E-state index in [1.165, 1.54) is 0 Å². The van der Waals surface area contributed by atoms with Crippen molar-refractivity contribution in [3.63, 3.8) is 0 Å². The molecule has 0 fully saturated rings. The molecule has 0 saturated heterocycles. The number of hydrogen-bond donors (Lipinski definition) is 0. The topological polar surface area (TPSA) is 52.6 Å². The van der Waals surface area contributed by atoms with Crippen LogP contribution in [0.15, 0.2) is 60.7 Å². The summed E-state index contributed by atoms with van der Waals surface area (Å²) >= 11 is 0. The summed E-state index contributed by atoms with van der Waals surface area (Å²) in [6.45, 7) is 6.91.